The summed E-state index contributed by atoms with van der Waals surface area (Å²) in [5, 5.41) is 3.33. The lowest BCUT2D eigenvalue weighted by molar-refractivity contribution is -0.132. The number of fused-ring (bicyclic) bond motifs is 1. The molecule has 0 aliphatic carbocycles. The van der Waals surface area contributed by atoms with Gasteiger partial charge < -0.3 is 15.0 Å². The summed E-state index contributed by atoms with van der Waals surface area (Å²) in [6.07, 6.45) is 1.94. The molecule has 1 amide bonds. The normalized spacial score (nSPS) is 14.4. The summed E-state index contributed by atoms with van der Waals surface area (Å²) in [4.78, 5) is 14.0. The van der Waals surface area contributed by atoms with Crippen LogP contribution in [0.25, 0.3) is 0 Å². The Kier molecular flexibility index (Phi) is 5.62. The lowest BCUT2D eigenvalue weighted by Gasteiger charge is -2.23. The van der Waals surface area contributed by atoms with Crippen LogP contribution in [-0.4, -0.2) is 43.1 Å². The molecule has 1 N–H and O–H groups in total. The van der Waals surface area contributed by atoms with E-state index in [0.29, 0.717) is 0 Å². The Labute approximate surface area is 127 Å². The van der Waals surface area contributed by atoms with Crippen LogP contribution in [0.5, 0.6) is 5.75 Å². The van der Waals surface area contributed by atoms with Gasteiger partial charge in [0.2, 0.25) is 5.91 Å². The average molecular weight is 290 g/mol. The van der Waals surface area contributed by atoms with E-state index >= 15 is 0 Å². The van der Waals surface area contributed by atoms with E-state index in [0.717, 1.165) is 44.8 Å². The van der Waals surface area contributed by atoms with Crippen LogP contribution in [0.2, 0.25) is 0 Å². The van der Waals surface area contributed by atoms with Gasteiger partial charge in [0.1, 0.15) is 5.75 Å². The fourth-order valence-corrected chi connectivity index (χ4v) is 2.72. The zero-order valence-electron chi connectivity index (χ0n) is 13.3. The fourth-order valence-electron chi connectivity index (χ4n) is 2.72. The molecular formula is C17H26N2O2. The minimum absolute atomic E-state index is 0.123. The van der Waals surface area contributed by atoms with Crippen LogP contribution in [0, 0.1) is 0 Å². The van der Waals surface area contributed by atoms with Crippen LogP contribution in [0.4, 0.5) is 0 Å². The molecule has 0 saturated carbocycles. The van der Waals surface area contributed by atoms with Crippen molar-refractivity contribution in [3.63, 3.8) is 0 Å². The zero-order valence-corrected chi connectivity index (χ0v) is 13.3. The molecule has 0 radical (unpaired) electrons. The molecule has 116 valence electrons. The van der Waals surface area contributed by atoms with Gasteiger partial charge in [0.25, 0.3) is 0 Å². The first-order chi connectivity index (χ1) is 10.2. The number of nitrogens with zero attached hydrogens (tertiary/aromatic N) is 1. The summed E-state index contributed by atoms with van der Waals surface area (Å²) < 4.78 is 5.51. The number of carbonyl (C=O) groups excluding carboxylic acids is 1. The molecule has 1 aliphatic rings. The van der Waals surface area contributed by atoms with Crippen molar-refractivity contribution >= 4 is 5.91 Å². The van der Waals surface area contributed by atoms with Gasteiger partial charge in [0.15, 0.2) is 0 Å². The monoisotopic (exact) mass is 290 g/mol. The van der Waals surface area contributed by atoms with Crippen molar-refractivity contribution in [2.45, 2.75) is 39.7 Å². The summed E-state index contributed by atoms with van der Waals surface area (Å²) in [6, 6.07) is 6.27. The van der Waals surface area contributed by atoms with Gasteiger partial charge in [-0.25, -0.2) is 0 Å². The van der Waals surface area contributed by atoms with E-state index in [-0.39, 0.29) is 11.9 Å². The van der Waals surface area contributed by atoms with E-state index < -0.39 is 0 Å². The summed E-state index contributed by atoms with van der Waals surface area (Å²) in [6.45, 7) is 9.12. The van der Waals surface area contributed by atoms with E-state index in [1.165, 1.54) is 11.1 Å². The van der Waals surface area contributed by atoms with Gasteiger partial charge >= 0.3 is 0 Å². The van der Waals surface area contributed by atoms with Crippen LogP contribution in [0.15, 0.2) is 18.2 Å². The number of amides is 1. The van der Waals surface area contributed by atoms with Gasteiger partial charge in [-0.05, 0) is 50.9 Å². The third kappa shape index (κ3) is 3.97. The topological polar surface area (TPSA) is 41.6 Å². The quantitative estimate of drug-likeness (QED) is 0.835. The number of benzene rings is 1. The standard InChI is InChI=1S/C17H26N2O2/c1-4-19(5-2)17(20)13(3)18-10-8-14-6-7-16-15(12-14)9-11-21-16/h6-7,12-13,18H,4-5,8-11H2,1-3H3. The van der Waals surface area contributed by atoms with E-state index in [1.807, 2.05) is 25.7 Å². The van der Waals surface area contributed by atoms with E-state index in [1.54, 1.807) is 0 Å². The lowest BCUT2D eigenvalue weighted by Crippen LogP contribution is -2.45. The summed E-state index contributed by atoms with van der Waals surface area (Å²) in [5.41, 5.74) is 2.61. The minimum Gasteiger partial charge on any atom is -0.493 e. The first kappa shape index (κ1) is 15.8. The lowest BCUT2D eigenvalue weighted by atomic mass is 10.1. The minimum atomic E-state index is -0.123. The van der Waals surface area contributed by atoms with Crippen molar-refractivity contribution in [2.75, 3.05) is 26.2 Å². The van der Waals surface area contributed by atoms with Crippen LogP contribution in [0.1, 0.15) is 31.9 Å². The average Bonchev–Trinajstić information content (AvgIpc) is 2.95. The predicted octanol–water partition coefficient (Wildman–Crippen LogP) is 2.01. The largest absolute Gasteiger partial charge is 0.493 e. The molecule has 0 spiro atoms. The maximum atomic E-state index is 12.1. The van der Waals surface area contributed by atoms with Crippen LogP contribution in [0.3, 0.4) is 0 Å². The SMILES string of the molecule is CCN(CC)C(=O)C(C)NCCc1ccc2c(c1)CCO2. The summed E-state index contributed by atoms with van der Waals surface area (Å²) in [7, 11) is 0. The zero-order chi connectivity index (χ0) is 15.2. The molecule has 0 fully saturated rings. The Hall–Kier alpha value is -1.55. The molecule has 1 unspecified atom stereocenters. The number of nitrogens with one attached hydrogen (secondary N) is 1. The molecule has 1 aromatic rings. The van der Waals surface area contributed by atoms with Crippen molar-refractivity contribution in [1.29, 1.82) is 0 Å². The van der Waals surface area contributed by atoms with Crippen LogP contribution in [-0.2, 0) is 17.6 Å². The first-order valence-electron chi connectivity index (χ1n) is 7.92. The van der Waals surface area contributed by atoms with Crippen molar-refractivity contribution < 1.29 is 9.53 Å². The highest BCUT2D eigenvalue weighted by Gasteiger charge is 2.17. The molecular weight excluding hydrogens is 264 g/mol. The van der Waals surface area contributed by atoms with Crippen LogP contribution >= 0.6 is 0 Å². The third-order valence-corrected chi connectivity index (χ3v) is 4.06. The second-order valence-electron chi connectivity index (χ2n) is 5.48. The molecule has 1 atom stereocenters. The highest BCUT2D eigenvalue weighted by atomic mass is 16.5. The van der Waals surface area contributed by atoms with Gasteiger partial charge in [-0.15, -0.1) is 0 Å². The molecule has 1 heterocycles. The molecule has 4 heteroatoms. The van der Waals surface area contributed by atoms with Crippen molar-refractivity contribution in [3.05, 3.63) is 29.3 Å². The van der Waals surface area contributed by atoms with E-state index in [9.17, 15) is 4.79 Å². The molecule has 1 aromatic carbocycles. The second kappa shape index (κ2) is 7.46. The highest BCUT2D eigenvalue weighted by Crippen LogP contribution is 2.25. The molecule has 4 nitrogen and oxygen atoms in total. The Morgan fingerprint density at radius 2 is 2.14 bits per heavy atom. The van der Waals surface area contributed by atoms with Crippen molar-refractivity contribution in [1.82, 2.24) is 10.2 Å². The van der Waals surface area contributed by atoms with Crippen molar-refractivity contribution in [2.24, 2.45) is 0 Å². The van der Waals surface area contributed by atoms with Gasteiger partial charge in [-0.1, -0.05) is 12.1 Å². The number of ether oxygens (including phenoxy) is 1. The van der Waals surface area contributed by atoms with Gasteiger partial charge in [-0.3, -0.25) is 4.79 Å². The maximum absolute atomic E-state index is 12.1. The molecule has 1 aliphatic heterocycles. The second-order valence-corrected chi connectivity index (χ2v) is 5.48. The summed E-state index contributed by atoms with van der Waals surface area (Å²) in [5.74, 6) is 1.21. The first-order valence-corrected chi connectivity index (χ1v) is 7.92. The number of hydrogen-bond donors (Lipinski definition) is 1. The fraction of sp³-hybridized carbons (Fsp3) is 0.588. The number of rotatable bonds is 7. The molecule has 0 aromatic heterocycles. The van der Waals surface area contributed by atoms with Crippen molar-refractivity contribution in [3.8, 4) is 5.75 Å². The number of carbonyl (C=O) groups is 1. The van der Waals surface area contributed by atoms with Gasteiger partial charge in [-0.2, -0.15) is 0 Å². The Morgan fingerprint density at radius 3 is 2.86 bits per heavy atom. The predicted molar refractivity (Wildman–Crippen MR) is 84.7 cm³/mol. The smallest absolute Gasteiger partial charge is 0.239 e. The van der Waals surface area contributed by atoms with Gasteiger partial charge in [0.05, 0.1) is 12.6 Å². The Morgan fingerprint density at radius 1 is 1.38 bits per heavy atom. The molecule has 21 heavy (non-hydrogen) atoms. The Balaban J connectivity index is 1.80. The van der Waals surface area contributed by atoms with Crippen LogP contribution < -0.4 is 10.1 Å². The molecule has 0 saturated heterocycles. The van der Waals surface area contributed by atoms with Gasteiger partial charge in [0, 0.05) is 19.5 Å². The molecule has 0 bridgehead atoms. The Bertz CT molecular complexity index is 484. The van der Waals surface area contributed by atoms with E-state index in [4.69, 9.17) is 4.74 Å². The third-order valence-electron chi connectivity index (χ3n) is 4.06. The number of likely N-dealkylation sites (N-methyl/N-ethyl adjacent to an activating group) is 1. The summed E-state index contributed by atoms with van der Waals surface area (Å²) >= 11 is 0. The maximum Gasteiger partial charge on any atom is 0.239 e. The number of hydrogen-bond acceptors (Lipinski definition) is 3. The molecule has 2 rings (SSSR count). The highest BCUT2D eigenvalue weighted by molar-refractivity contribution is 5.81. The van der Waals surface area contributed by atoms with E-state index in [2.05, 4.69) is 23.5 Å².